The van der Waals surface area contributed by atoms with E-state index in [0.29, 0.717) is 35.9 Å². The van der Waals surface area contributed by atoms with Gasteiger partial charge in [-0.15, -0.1) is 0 Å². The van der Waals surface area contributed by atoms with E-state index in [1.165, 1.54) is 6.07 Å². The molecule has 2 aromatic carbocycles. The lowest BCUT2D eigenvalue weighted by Gasteiger charge is -2.27. The molecule has 0 saturated carbocycles. The van der Waals surface area contributed by atoms with E-state index < -0.39 is 4.92 Å². The Morgan fingerprint density at radius 2 is 1.96 bits per heavy atom. The summed E-state index contributed by atoms with van der Waals surface area (Å²) in [6.07, 6.45) is 0. The van der Waals surface area contributed by atoms with Gasteiger partial charge in [0.05, 0.1) is 4.92 Å². The van der Waals surface area contributed by atoms with Gasteiger partial charge in [0.2, 0.25) is 0 Å². The minimum absolute atomic E-state index is 0.127. The van der Waals surface area contributed by atoms with E-state index in [-0.39, 0.29) is 11.6 Å². The van der Waals surface area contributed by atoms with Crippen molar-refractivity contribution in [1.82, 2.24) is 10.2 Å². The average Bonchev–Trinajstić information content (AvgIpc) is 2.67. The van der Waals surface area contributed by atoms with Crippen LogP contribution in [-0.2, 0) is 6.54 Å². The summed E-state index contributed by atoms with van der Waals surface area (Å²) in [5, 5.41) is 18.3. The highest BCUT2D eigenvalue weighted by atomic mass is 35.5. The normalized spacial score (nSPS) is 14.1. The molecule has 2 aromatic rings. The first-order valence-electron chi connectivity index (χ1n) is 8.32. The minimum atomic E-state index is -0.483. The van der Waals surface area contributed by atoms with E-state index >= 15 is 0 Å². The summed E-state index contributed by atoms with van der Waals surface area (Å²) in [7, 11) is 0. The monoisotopic (exact) mass is 374 g/mol. The van der Waals surface area contributed by atoms with Crippen LogP contribution in [0.3, 0.4) is 0 Å². The van der Waals surface area contributed by atoms with Crippen LogP contribution in [0, 0.1) is 10.1 Å². The predicted molar refractivity (Wildman–Crippen MR) is 101 cm³/mol. The summed E-state index contributed by atoms with van der Waals surface area (Å²) in [4.78, 5) is 25.2. The number of carbonyl (C=O) groups excluding carboxylic acids is 1. The molecule has 1 aliphatic rings. The van der Waals surface area contributed by atoms with E-state index in [1.807, 2.05) is 18.2 Å². The number of hydrogen-bond acceptors (Lipinski definition) is 5. The zero-order chi connectivity index (χ0) is 18.5. The third-order valence-corrected chi connectivity index (χ3v) is 4.64. The Balaban J connectivity index is 1.79. The number of hydrogen-bond donors (Lipinski definition) is 2. The molecule has 0 atom stereocenters. The van der Waals surface area contributed by atoms with Gasteiger partial charge in [-0.25, -0.2) is 0 Å². The lowest BCUT2D eigenvalue weighted by Crippen LogP contribution is -2.46. The molecule has 0 aromatic heterocycles. The van der Waals surface area contributed by atoms with Gasteiger partial charge in [-0.3, -0.25) is 14.9 Å². The number of nitro groups is 1. The Labute approximate surface area is 156 Å². The number of nitro benzene ring substituents is 1. The van der Waals surface area contributed by atoms with Gasteiger partial charge in [0.1, 0.15) is 5.69 Å². The summed E-state index contributed by atoms with van der Waals surface area (Å²) in [5.74, 6) is -0.188. The lowest BCUT2D eigenvalue weighted by molar-refractivity contribution is -0.384. The van der Waals surface area contributed by atoms with Crippen LogP contribution < -0.4 is 10.6 Å². The molecule has 3 rings (SSSR count). The van der Waals surface area contributed by atoms with Crippen molar-refractivity contribution in [3.63, 3.8) is 0 Å². The van der Waals surface area contributed by atoms with Crippen LogP contribution >= 0.6 is 11.6 Å². The van der Waals surface area contributed by atoms with Crippen LogP contribution in [0.1, 0.15) is 15.9 Å². The number of carbonyl (C=O) groups is 1. The van der Waals surface area contributed by atoms with Crippen molar-refractivity contribution in [2.24, 2.45) is 0 Å². The Kier molecular flexibility index (Phi) is 5.70. The molecular formula is C18H19ClN4O3. The van der Waals surface area contributed by atoms with Crippen molar-refractivity contribution < 1.29 is 9.72 Å². The highest BCUT2D eigenvalue weighted by Crippen LogP contribution is 2.27. The van der Waals surface area contributed by atoms with Gasteiger partial charge in [0, 0.05) is 49.4 Å². The number of rotatable bonds is 5. The summed E-state index contributed by atoms with van der Waals surface area (Å²) >= 11 is 6.12. The summed E-state index contributed by atoms with van der Waals surface area (Å²) in [6.45, 7) is 3.00. The molecule has 2 N–H and O–H groups in total. The van der Waals surface area contributed by atoms with Gasteiger partial charge in [0.15, 0.2) is 0 Å². The summed E-state index contributed by atoms with van der Waals surface area (Å²) in [6, 6.07) is 11.8. The lowest BCUT2D eigenvalue weighted by atomic mass is 10.1. The van der Waals surface area contributed by atoms with Crippen LogP contribution in [0.5, 0.6) is 0 Å². The van der Waals surface area contributed by atoms with Gasteiger partial charge in [-0.05, 0) is 23.8 Å². The smallest absolute Gasteiger partial charge is 0.293 e. The molecule has 1 fully saturated rings. The van der Waals surface area contributed by atoms with Crippen molar-refractivity contribution in [2.75, 3.05) is 31.5 Å². The van der Waals surface area contributed by atoms with Crippen LogP contribution in [0.2, 0.25) is 5.02 Å². The fourth-order valence-electron chi connectivity index (χ4n) is 2.85. The Morgan fingerprint density at radius 1 is 1.23 bits per heavy atom. The van der Waals surface area contributed by atoms with Gasteiger partial charge < -0.3 is 15.5 Å². The predicted octanol–water partition coefficient (Wildman–Crippen LogP) is 2.91. The van der Waals surface area contributed by atoms with Crippen LogP contribution in [0.4, 0.5) is 11.4 Å². The fraction of sp³-hybridized carbons (Fsp3) is 0.278. The third-order valence-electron chi connectivity index (χ3n) is 4.27. The van der Waals surface area contributed by atoms with Crippen molar-refractivity contribution in [3.05, 3.63) is 68.7 Å². The zero-order valence-corrected chi connectivity index (χ0v) is 14.8. The first-order valence-corrected chi connectivity index (χ1v) is 8.70. The van der Waals surface area contributed by atoms with Crippen LogP contribution in [0.25, 0.3) is 0 Å². The van der Waals surface area contributed by atoms with Crippen LogP contribution in [0.15, 0.2) is 42.5 Å². The SMILES string of the molecule is O=C(c1ccc(NCc2ccccc2Cl)c([N+](=O)[O-])c1)N1CCNCC1. The minimum Gasteiger partial charge on any atom is -0.375 e. The molecular weight excluding hydrogens is 356 g/mol. The Morgan fingerprint density at radius 3 is 2.65 bits per heavy atom. The molecule has 1 saturated heterocycles. The van der Waals surface area contributed by atoms with Gasteiger partial charge in [-0.2, -0.15) is 0 Å². The average molecular weight is 375 g/mol. The molecule has 0 radical (unpaired) electrons. The fourth-order valence-corrected chi connectivity index (χ4v) is 3.05. The van der Waals surface area contributed by atoms with E-state index in [2.05, 4.69) is 10.6 Å². The van der Waals surface area contributed by atoms with E-state index in [9.17, 15) is 14.9 Å². The number of halogens is 1. The number of nitrogens with zero attached hydrogens (tertiary/aromatic N) is 2. The molecule has 136 valence electrons. The number of piperazine rings is 1. The van der Waals surface area contributed by atoms with E-state index in [1.54, 1.807) is 23.1 Å². The largest absolute Gasteiger partial charge is 0.375 e. The van der Waals surface area contributed by atoms with E-state index in [0.717, 1.165) is 18.7 Å². The van der Waals surface area contributed by atoms with E-state index in [4.69, 9.17) is 11.6 Å². The Bertz CT molecular complexity index is 822. The third kappa shape index (κ3) is 4.12. The van der Waals surface area contributed by atoms with Crippen molar-refractivity contribution >= 4 is 28.9 Å². The molecule has 7 nitrogen and oxygen atoms in total. The molecule has 0 spiro atoms. The first kappa shape index (κ1) is 18.2. The van der Waals surface area contributed by atoms with Crippen molar-refractivity contribution in [2.45, 2.75) is 6.54 Å². The first-order chi connectivity index (χ1) is 12.6. The number of nitrogens with one attached hydrogen (secondary N) is 2. The van der Waals surface area contributed by atoms with Gasteiger partial charge in [-0.1, -0.05) is 29.8 Å². The topological polar surface area (TPSA) is 87.5 Å². The number of benzene rings is 2. The van der Waals surface area contributed by atoms with Crippen LogP contribution in [-0.4, -0.2) is 41.9 Å². The molecule has 1 amide bonds. The molecule has 1 heterocycles. The number of anilines is 1. The second-order valence-electron chi connectivity index (χ2n) is 5.98. The molecule has 0 aliphatic carbocycles. The standard InChI is InChI=1S/C18H19ClN4O3/c19-15-4-2-1-3-14(15)12-21-16-6-5-13(11-17(16)23(25)26)18(24)22-9-7-20-8-10-22/h1-6,11,20-21H,7-10,12H2. The van der Waals surface area contributed by atoms with Crippen molar-refractivity contribution in [1.29, 1.82) is 0 Å². The summed E-state index contributed by atoms with van der Waals surface area (Å²) in [5.41, 5.74) is 1.39. The molecule has 0 unspecified atom stereocenters. The molecule has 26 heavy (non-hydrogen) atoms. The number of amides is 1. The summed E-state index contributed by atoms with van der Waals surface area (Å²) < 4.78 is 0. The van der Waals surface area contributed by atoms with Gasteiger partial charge in [0.25, 0.3) is 11.6 Å². The second-order valence-corrected chi connectivity index (χ2v) is 6.38. The highest BCUT2D eigenvalue weighted by molar-refractivity contribution is 6.31. The molecule has 8 heteroatoms. The van der Waals surface area contributed by atoms with Crippen molar-refractivity contribution in [3.8, 4) is 0 Å². The van der Waals surface area contributed by atoms with Gasteiger partial charge >= 0.3 is 0 Å². The molecule has 1 aliphatic heterocycles. The quantitative estimate of drug-likeness (QED) is 0.620. The maximum atomic E-state index is 12.5. The highest BCUT2D eigenvalue weighted by Gasteiger charge is 2.22. The maximum absolute atomic E-state index is 12.5. The Hall–Kier alpha value is -2.64. The second kappa shape index (κ2) is 8.16. The maximum Gasteiger partial charge on any atom is 0.293 e. The molecule has 0 bridgehead atoms. The zero-order valence-electron chi connectivity index (χ0n) is 14.1.